The van der Waals surface area contributed by atoms with Gasteiger partial charge in [-0.25, -0.2) is 4.39 Å². The van der Waals surface area contributed by atoms with Gasteiger partial charge in [0.1, 0.15) is 5.82 Å². The number of rotatable bonds is 2. The van der Waals surface area contributed by atoms with E-state index in [1.54, 1.807) is 13.0 Å². The Morgan fingerprint density at radius 2 is 2.00 bits per heavy atom. The number of nitrogens with two attached hydrogens (primary N) is 1. The molecule has 0 bridgehead atoms. The molecule has 0 aliphatic carbocycles. The van der Waals surface area contributed by atoms with Crippen molar-refractivity contribution in [2.75, 3.05) is 0 Å². The first kappa shape index (κ1) is 12.6. The van der Waals surface area contributed by atoms with E-state index in [2.05, 4.69) is 0 Å². The van der Waals surface area contributed by atoms with Crippen molar-refractivity contribution in [3.8, 4) is 0 Å². The van der Waals surface area contributed by atoms with Gasteiger partial charge in [-0.05, 0) is 42.0 Å². The zero-order valence-corrected chi connectivity index (χ0v) is 11.2. The highest BCUT2D eigenvalue weighted by Crippen LogP contribution is 2.34. The van der Waals surface area contributed by atoms with Gasteiger partial charge in [-0.1, -0.05) is 23.7 Å². The predicted octanol–water partition coefficient (Wildman–Crippen LogP) is 4.21. The largest absolute Gasteiger partial charge is 0.320 e. The molecule has 0 saturated heterocycles. The van der Waals surface area contributed by atoms with Crippen molar-refractivity contribution in [1.29, 1.82) is 0 Å². The molecule has 0 aliphatic heterocycles. The average Bonchev–Trinajstić information content (AvgIpc) is 2.63. The topological polar surface area (TPSA) is 26.0 Å². The molecule has 17 heavy (non-hydrogen) atoms. The van der Waals surface area contributed by atoms with Crippen LogP contribution in [0.3, 0.4) is 0 Å². The van der Waals surface area contributed by atoms with Gasteiger partial charge < -0.3 is 5.73 Å². The summed E-state index contributed by atoms with van der Waals surface area (Å²) in [5, 5.41) is 2.64. The molecule has 1 aromatic carbocycles. The molecule has 4 heteroatoms. The molecule has 1 aromatic heterocycles. The van der Waals surface area contributed by atoms with Gasteiger partial charge in [-0.3, -0.25) is 0 Å². The third kappa shape index (κ3) is 2.37. The summed E-state index contributed by atoms with van der Waals surface area (Å²) in [6.07, 6.45) is 0. The maximum absolute atomic E-state index is 13.5. The van der Waals surface area contributed by atoms with E-state index in [0.717, 1.165) is 16.0 Å². The van der Waals surface area contributed by atoms with Crippen LogP contribution >= 0.6 is 22.9 Å². The Morgan fingerprint density at radius 1 is 1.29 bits per heavy atom. The van der Waals surface area contributed by atoms with Crippen LogP contribution in [-0.2, 0) is 0 Å². The summed E-state index contributed by atoms with van der Waals surface area (Å²) >= 11 is 7.67. The Balaban J connectivity index is 2.40. The lowest BCUT2D eigenvalue weighted by molar-refractivity contribution is 0.614. The molecular formula is C13H13ClFNS. The zero-order chi connectivity index (χ0) is 12.6. The smallest absolute Gasteiger partial charge is 0.126 e. The summed E-state index contributed by atoms with van der Waals surface area (Å²) in [6.45, 7) is 3.66. The third-order valence-electron chi connectivity index (χ3n) is 2.76. The van der Waals surface area contributed by atoms with Crippen LogP contribution in [0.1, 0.15) is 27.6 Å². The second kappa shape index (κ2) is 4.77. The SMILES string of the molecule is Cc1ccc(C(N)c2scc(C)c2Cl)cc1F. The zero-order valence-electron chi connectivity index (χ0n) is 9.63. The lowest BCUT2D eigenvalue weighted by atomic mass is 10.0. The van der Waals surface area contributed by atoms with Crippen molar-refractivity contribution in [2.45, 2.75) is 19.9 Å². The van der Waals surface area contributed by atoms with Crippen molar-refractivity contribution < 1.29 is 4.39 Å². The molecule has 1 atom stereocenters. The number of halogens is 2. The summed E-state index contributed by atoms with van der Waals surface area (Å²) in [7, 11) is 0. The number of aryl methyl sites for hydroxylation is 2. The maximum Gasteiger partial charge on any atom is 0.126 e. The first-order valence-corrected chi connectivity index (χ1v) is 6.51. The number of hydrogen-bond donors (Lipinski definition) is 1. The second-order valence-corrected chi connectivity index (χ2v) is 5.37. The van der Waals surface area contributed by atoms with Crippen LogP contribution in [0.4, 0.5) is 4.39 Å². The molecular weight excluding hydrogens is 257 g/mol. The summed E-state index contributed by atoms with van der Waals surface area (Å²) in [5.74, 6) is -0.234. The molecule has 1 nitrogen and oxygen atoms in total. The molecule has 2 rings (SSSR count). The molecule has 0 fully saturated rings. The van der Waals surface area contributed by atoms with E-state index in [9.17, 15) is 4.39 Å². The van der Waals surface area contributed by atoms with Crippen LogP contribution in [-0.4, -0.2) is 0 Å². The van der Waals surface area contributed by atoms with Crippen molar-refractivity contribution in [2.24, 2.45) is 5.73 Å². The van der Waals surface area contributed by atoms with Crippen LogP contribution in [0, 0.1) is 19.7 Å². The minimum absolute atomic E-state index is 0.234. The van der Waals surface area contributed by atoms with E-state index in [0.29, 0.717) is 10.6 Å². The first-order valence-electron chi connectivity index (χ1n) is 5.26. The van der Waals surface area contributed by atoms with E-state index in [-0.39, 0.29) is 11.9 Å². The quantitative estimate of drug-likeness (QED) is 0.869. The third-order valence-corrected chi connectivity index (χ3v) is 4.56. The van der Waals surface area contributed by atoms with Crippen molar-refractivity contribution >= 4 is 22.9 Å². The van der Waals surface area contributed by atoms with E-state index in [4.69, 9.17) is 17.3 Å². The van der Waals surface area contributed by atoms with Gasteiger partial charge in [0, 0.05) is 4.88 Å². The van der Waals surface area contributed by atoms with Crippen LogP contribution in [0.15, 0.2) is 23.6 Å². The van der Waals surface area contributed by atoms with Gasteiger partial charge in [0.25, 0.3) is 0 Å². The second-order valence-electron chi connectivity index (χ2n) is 4.08. The molecule has 0 saturated carbocycles. The molecule has 0 amide bonds. The maximum atomic E-state index is 13.5. The standard InChI is InChI=1S/C13H13ClFNS/c1-7-3-4-9(5-10(7)15)12(16)13-11(14)8(2)6-17-13/h3-6,12H,16H2,1-2H3. The molecule has 0 aliphatic rings. The van der Waals surface area contributed by atoms with Crippen LogP contribution in [0.5, 0.6) is 0 Å². The number of benzene rings is 1. The van der Waals surface area contributed by atoms with E-state index in [1.165, 1.54) is 17.4 Å². The molecule has 0 radical (unpaired) electrons. The summed E-state index contributed by atoms with van der Waals surface area (Å²) in [6, 6.07) is 4.69. The highest BCUT2D eigenvalue weighted by atomic mass is 35.5. The normalized spacial score (nSPS) is 12.8. The molecule has 0 spiro atoms. The summed E-state index contributed by atoms with van der Waals surface area (Å²) in [4.78, 5) is 0.882. The number of thiophene rings is 1. The lowest BCUT2D eigenvalue weighted by Gasteiger charge is -2.12. The average molecular weight is 270 g/mol. The van der Waals surface area contributed by atoms with Crippen LogP contribution in [0.25, 0.3) is 0 Å². The van der Waals surface area contributed by atoms with Gasteiger partial charge >= 0.3 is 0 Å². The fraction of sp³-hybridized carbons (Fsp3) is 0.231. The van der Waals surface area contributed by atoms with Gasteiger partial charge in [0.05, 0.1) is 11.1 Å². The molecule has 90 valence electrons. The Morgan fingerprint density at radius 3 is 2.53 bits per heavy atom. The summed E-state index contributed by atoms with van der Waals surface area (Å²) in [5.41, 5.74) is 8.48. The number of hydrogen-bond acceptors (Lipinski definition) is 2. The Labute approximate surface area is 109 Å². The molecule has 1 unspecified atom stereocenters. The highest BCUT2D eigenvalue weighted by molar-refractivity contribution is 7.10. The van der Waals surface area contributed by atoms with E-state index in [1.807, 2.05) is 18.4 Å². The van der Waals surface area contributed by atoms with Crippen molar-refractivity contribution in [3.05, 3.63) is 56.0 Å². The Bertz CT molecular complexity index is 550. The minimum atomic E-state index is -0.365. The fourth-order valence-electron chi connectivity index (χ4n) is 1.61. The fourth-order valence-corrected chi connectivity index (χ4v) is 2.95. The Hall–Kier alpha value is -0.900. The Kier molecular flexibility index (Phi) is 3.52. The van der Waals surface area contributed by atoms with Gasteiger partial charge in [-0.2, -0.15) is 0 Å². The molecule has 2 N–H and O–H groups in total. The van der Waals surface area contributed by atoms with E-state index < -0.39 is 0 Å². The van der Waals surface area contributed by atoms with Gasteiger partial charge in [0.15, 0.2) is 0 Å². The molecule has 2 aromatic rings. The van der Waals surface area contributed by atoms with Crippen LogP contribution < -0.4 is 5.73 Å². The molecule has 1 heterocycles. The minimum Gasteiger partial charge on any atom is -0.320 e. The predicted molar refractivity (Wildman–Crippen MR) is 71.2 cm³/mol. The van der Waals surface area contributed by atoms with Crippen molar-refractivity contribution in [1.82, 2.24) is 0 Å². The first-order chi connectivity index (χ1) is 8.00. The monoisotopic (exact) mass is 269 g/mol. The van der Waals surface area contributed by atoms with Gasteiger partial charge in [0.2, 0.25) is 0 Å². The lowest BCUT2D eigenvalue weighted by Crippen LogP contribution is -2.11. The van der Waals surface area contributed by atoms with Gasteiger partial charge in [-0.15, -0.1) is 11.3 Å². The highest BCUT2D eigenvalue weighted by Gasteiger charge is 2.16. The van der Waals surface area contributed by atoms with Crippen molar-refractivity contribution in [3.63, 3.8) is 0 Å². The van der Waals surface area contributed by atoms with E-state index >= 15 is 0 Å². The van der Waals surface area contributed by atoms with Crippen LogP contribution in [0.2, 0.25) is 5.02 Å². The summed E-state index contributed by atoms with van der Waals surface area (Å²) < 4.78 is 13.5.